The van der Waals surface area contributed by atoms with Gasteiger partial charge in [-0.2, -0.15) is 14.4 Å². The van der Waals surface area contributed by atoms with E-state index in [4.69, 9.17) is 4.42 Å². The quantitative estimate of drug-likeness (QED) is 0.870. The molecule has 1 saturated heterocycles. The smallest absolute Gasteiger partial charge is 0.276 e. The van der Waals surface area contributed by atoms with Crippen LogP contribution in [-0.4, -0.2) is 54.1 Å². The first kappa shape index (κ1) is 13.1. The second kappa shape index (κ2) is 4.91. The van der Waals surface area contributed by atoms with E-state index in [2.05, 4.69) is 15.2 Å². The van der Waals surface area contributed by atoms with Crippen LogP contribution in [0, 0.1) is 6.92 Å². The summed E-state index contributed by atoms with van der Waals surface area (Å²) < 4.78 is 31.4. The molecule has 1 aliphatic heterocycles. The summed E-state index contributed by atoms with van der Waals surface area (Å²) in [5.74, 6) is 1.25. The number of aromatic amines is 1. The lowest BCUT2D eigenvalue weighted by Gasteiger charge is -2.32. The summed E-state index contributed by atoms with van der Waals surface area (Å²) in [6.07, 6.45) is 1.43. The molecular weight excluding hydrogens is 282 g/mol. The fourth-order valence-corrected chi connectivity index (χ4v) is 3.54. The van der Waals surface area contributed by atoms with Gasteiger partial charge in [0, 0.05) is 26.2 Å². The van der Waals surface area contributed by atoms with Crippen LogP contribution in [0.4, 0.5) is 5.95 Å². The Bertz CT molecular complexity index is 671. The summed E-state index contributed by atoms with van der Waals surface area (Å²) in [5.41, 5.74) is 0. The summed E-state index contributed by atoms with van der Waals surface area (Å²) in [7, 11) is -3.54. The van der Waals surface area contributed by atoms with E-state index in [9.17, 15) is 8.42 Å². The molecule has 1 fully saturated rings. The highest BCUT2D eigenvalue weighted by Crippen LogP contribution is 2.20. The maximum atomic E-state index is 12.4. The second-order valence-electron chi connectivity index (χ2n) is 4.57. The summed E-state index contributed by atoms with van der Waals surface area (Å²) in [5, 5.41) is 6.57. The standard InChI is InChI=1S/C11H15N5O3S/c1-9-2-3-10(19-9)20(17,18)16-6-4-15(5-7-16)11-12-8-13-14-11/h2-3,8H,4-7H2,1H3,(H,12,13,14). The summed E-state index contributed by atoms with van der Waals surface area (Å²) in [4.78, 5) is 6.03. The van der Waals surface area contributed by atoms with E-state index >= 15 is 0 Å². The lowest BCUT2D eigenvalue weighted by Crippen LogP contribution is -2.48. The number of furan rings is 1. The highest BCUT2D eigenvalue weighted by Gasteiger charge is 2.31. The van der Waals surface area contributed by atoms with Gasteiger partial charge in [0.05, 0.1) is 0 Å². The van der Waals surface area contributed by atoms with Crippen molar-refractivity contribution in [3.05, 3.63) is 24.2 Å². The third-order valence-corrected chi connectivity index (χ3v) is 5.02. The van der Waals surface area contributed by atoms with Crippen molar-refractivity contribution in [3.63, 3.8) is 0 Å². The Kier molecular flexibility index (Phi) is 3.22. The van der Waals surface area contributed by atoms with Crippen LogP contribution in [0.5, 0.6) is 0 Å². The Morgan fingerprint density at radius 1 is 1.25 bits per heavy atom. The third-order valence-electron chi connectivity index (χ3n) is 3.25. The van der Waals surface area contributed by atoms with Crippen molar-refractivity contribution < 1.29 is 12.8 Å². The Morgan fingerprint density at radius 2 is 2.00 bits per heavy atom. The average Bonchev–Trinajstić information content (AvgIpc) is 3.10. The number of anilines is 1. The summed E-state index contributed by atoms with van der Waals surface area (Å²) in [6, 6.07) is 3.14. The van der Waals surface area contributed by atoms with Gasteiger partial charge in [0.15, 0.2) is 0 Å². The predicted molar refractivity (Wildman–Crippen MR) is 70.8 cm³/mol. The maximum absolute atomic E-state index is 12.4. The van der Waals surface area contributed by atoms with Crippen molar-refractivity contribution in [3.8, 4) is 0 Å². The molecule has 0 unspecified atom stereocenters. The van der Waals surface area contributed by atoms with Crippen LogP contribution in [0.2, 0.25) is 0 Å². The molecule has 0 radical (unpaired) electrons. The molecule has 2 aromatic rings. The first-order valence-corrected chi connectivity index (χ1v) is 7.68. The number of aromatic nitrogens is 3. The molecule has 9 heteroatoms. The Hall–Kier alpha value is -1.87. The minimum atomic E-state index is -3.54. The lowest BCUT2D eigenvalue weighted by molar-refractivity contribution is 0.356. The average molecular weight is 297 g/mol. The van der Waals surface area contributed by atoms with Crippen LogP contribution in [0.25, 0.3) is 0 Å². The van der Waals surface area contributed by atoms with E-state index in [-0.39, 0.29) is 5.09 Å². The number of nitrogens with one attached hydrogen (secondary N) is 1. The van der Waals surface area contributed by atoms with E-state index in [1.807, 2.05) is 4.90 Å². The van der Waals surface area contributed by atoms with Gasteiger partial charge in [0.1, 0.15) is 12.1 Å². The Morgan fingerprint density at radius 3 is 2.55 bits per heavy atom. The molecule has 8 nitrogen and oxygen atoms in total. The van der Waals surface area contributed by atoms with Gasteiger partial charge in [0.25, 0.3) is 10.0 Å². The zero-order valence-electron chi connectivity index (χ0n) is 11.0. The van der Waals surface area contributed by atoms with Crippen molar-refractivity contribution in [1.82, 2.24) is 19.5 Å². The monoisotopic (exact) mass is 297 g/mol. The molecule has 1 aliphatic rings. The molecule has 2 aromatic heterocycles. The highest BCUT2D eigenvalue weighted by atomic mass is 32.2. The van der Waals surface area contributed by atoms with Gasteiger partial charge >= 0.3 is 0 Å². The molecule has 3 heterocycles. The largest absolute Gasteiger partial charge is 0.449 e. The van der Waals surface area contributed by atoms with E-state index < -0.39 is 10.0 Å². The van der Waals surface area contributed by atoms with Gasteiger partial charge in [-0.3, -0.25) is 0 Å². The van der Waals surface area contributed by atoms with Crippen LogP contribution in [0.15, 0.2) is 28.0 Å². The number of hydrogen-bond donors (Lipinski definition) is 1. The van der Waals surface area contributed by atoms with E-state index in [1.165, 1.54) is 16.7 Å². The SMILES string of the molecule is Cc1ccc(S(=O)(=O)N2CCN(c3ncn[nH]3)CC2)o1. The summed E-state index contributed by atoms with van der Waals surface area (Å²) in [6.45, 7) is 3.63. The molecule has 3 rings (SSSR count). The molecule has 108 valence electrons. The molecular formula is C11H15N5O3S. The minimum Gasteiger partial charge on any atom is -0.449 e. The van der Waals surface area contributed by atoms with Crippen molar-refractivity contribution in [2.75, 3.05) is 31.1 Å². The lowest BCUT2D eigenvalue weighted by atomic mass is 10.4. The van der Waals surface area contributed by atoms with E-state index in [1.54, 1.807) is 13.0 Å². The maximum Gasteiger partial charge on any atom is 0.276 e. The molecule has 1 N–H and O–H groups in total. The summed E-state index contributed by atoms with van der Waals surface area (Å²) >= 11 is 0. The van der Waals surface area contributed by atoms with Crippen LogP contribution < -0.4 is 4.90 Å². The van der Waals surface area contributed by atoms with Crippen LogP contribution in [0.3, 0.4) is 0 Å². The third kappa shape index (κ3) is 2.29. The molecule has 20 heavy (non-hydrogen) atoms. The molecule has 0 bridgehead atoms. The molecule has 0 aliphatic carbocycles. The van der Waals surface area contributed by atoms with Crippen molar-refractivity contribution >= 4 is 16.0 Å². The van der Waals surface area contributed by atoms with Gasteiger partial charge in [-0.05, 0) is 19.1 Å². The molecule has 0 atom stereocenters. The fourth-order valence-electron chi connectivity index (χ4n) is 2.17. The van der Waals surface area contributed by atoms with Gasteiger partial charge in [-0.1, -0.05) is 0 Å². The van der Waals surface area contributed by atoms with Gasteiger partial charge in [-0.25, -0.2) is 13.5 Å². The topological polar surface area (TPSA) is 95.3 Å². The Balaban J connectivity index is 1.72. The van der Waals surface area contributed by atoms with Crippen LogP contribution >= 0.6 is 0 Å². The molecule has 0 amide bonds. The molecule has 0 spiro atoms. The van der Waals surface area contributed by atoms with Gasteiger partial charge in [-0.15, -0.1) is 0 Å². The first-order valence-electron chi connectivity index (χ1n) is 6.24. The first-order chi connectivity index (χ1) is 9.57. The van der Waals surface area contributed by atoms with Gasteiger partial charge in [0.2, 0.25) is 11.0 Å². The number of nitrogens with zero attached hydrogens (tertiary/aromatic N) is 4. The van der Waals surface area contributed by atoms with E-state index in [0.717, 1.165) is 0 Å². The van der Waals surface area contributed by atoms with E-state index in [0.29, 0.717) is 37.9 Å². The normalized spacial score (nSPS) is 17.6. The highest BCUT2D eigenvalue weighted by molar-refractivity contribution is 7.89. The van der Waals surface area contributed by atoms with Crippen molar-refractivity contribution in [2.24, 2.45) is 0 Å². The molecule has 0 aromatic carbocycles. The second-order valence-corrected chi connectivity index (χ2v) is 6.43. The zero-order chi connectivity index (χ0) is 14.2. The number of rotatable bonds is 3. The van der Waals surface area contributed by atoms with Gasteiger partial charge < -0.3 is 9.32 Å². The number of sulfonamides is 1. The predicted octanol–water partition coefficient (Wildman–Crippen LogP) is 0.217. The zero-order valence-corrected chi connectivity index (χ0v) is 11.8. The van der Waals surface area contributed by atoms with Crippen molar-refractivity contribution in [1.29, 1.82) is 0 Å². The number of piperazine rings is 1. The fraction of sp³-hybridized carbons (Fsp3) is 0.455. The number of hydrogen-bond acceptors (Lipinski definition) is 6. The van der Waals surface area contributed by atoms with Crippen LogP contribution in [0.1, 0.15) is 5.76 Å². The number of aryl methyl sites for hydroxylation is 1. The minimum absolute atomic E-state index is 0.00288. The number of H-pyrrole nitrogens is 1. The Labute approximate surface area is 116 Å². The van der Waals surface area contributed by atoms with Crippen LogP contribution in [-0.2, 0) is 10.0 Å². The molecule has 0 saturated carbocycles. The van der Waals surface area contributed by atoms with Crippen molar-refractivity contribution in [2.45, 2.75) is 12.0 Å².